The van der Waals surface area contributed by atoms with E-state index in [2.05, 4.69) is 91.3 Å². The van der Waals surface area contributed by atoms with Gasteiger partial charge in [-0.25, -0.2) is 4.57 Å². The van der Waals surface area contributed by atoms with Gasteiger partial charge in [0, 0.05) is 20.0 Å². The van der Waals surface area contributed by atoms with Crippen LogP contribution in [0, 0.1) is 0 Å². The highest BCUT2D eigenvalue weighted by Crippen LogP contribution is 2.42. The van der Waals surface area contributed by atoms with Crippen LogP contribution >= 0.6 is 7.82 Å². The first-order valence-electron chi connectivity index (χ1n) is 22.1. The number of carbonyl (C=O) groups excluding carboxylic acids is 2. The zero-order valence-corrected chi connectivity index (χ0v) is 36.7. The Balaban J connectivity index is 4.04. The summed E-state index contributed by atoms with van der Waals surface area (Å²) in [5.41, 5.74) is 0. The average Bonchev–Trinajstić information content (AvgIpc) is 3.19. The van der Waals surface area contributed by atoms with Crippen molar-refractivity contribution < 1.29 is 37.6 Å². The molecule has 0 spiro atoms. The Bertz CT molecular complexity index is 1140. The molecule has 8 nitrogen and oxygen atoms in total. The molecule has 9 heteroatoms. The predicted molar refractivity (Wildman–Crippen MR) is 234 cm³/mol. The lowest BCUT2D eigenvalue weighted by Gasteiger charge is -2.19. The van der Waals surface area contributed by atoms with Crippen LogP contribution in [-0.2, 0) is 32.7 Å². The zero-order chi connectivity index (χ0) is 41.1. The van der Waals surface area contributed by atoms with E-state index in [4.69, 9.17) is 14.0 Å². The highest BCUT2D eigenvalue weighted by molar-refractivity contribution is 7.47. The molecule has 1 N–H and O–H groups in total. The van der Waals surface area contributed by atoms with Crippen LogP contribution in [0.2, 0.25) is 0 Å². The number of unbranched alkanes of at least 4 members (excludes halogenated alkanes) is 17. The molecule has 0 amide bonds. The summed E-state index contributed by atoms with van der Waals surface area (Å²) in [6.45, 7) is 3.74. The van der Waals surface area contributed by atoms with Gasteiger partial charge in [-0.2, -0.15) is 0 Å². The molecular weight excluding hydrogens is 723 g/mol. The third kappa shape index (κ3) is 41.1. The van der Waals surface area contributed by atoms with E-state index < -0.39 is 26.5 Å². The van der Waals surface area contributed by atoms with Crippen LogP contribution in [0.15, 0.2) is 72.9 Å². The third-order valence-electron chi connectivity index (χ3n) is 9.18. The Morgan fingerprint density at radius 1 is 0.518 bits per heavy atom. The number of phosphoric ester groups is 1. The highest BCUT2D eigenvalue weighted by Gasteiger charge is 2.24. The van der Waals surface area contributed by atoms with Crippen LogP contribution in [0.25, 0.3) is 0 Å². The molecule has 0 rings (SSSR count). The maximum absolute atomic E-state index is 12.5. The van der Waals surface area contributed by atoms with E-state index in [0.717, 1.165) is 110 Å². The topological polar surface area (TPSA) is 108 Å². The Morgan fingerprint density at radius 3 is 1.36 bits per heavy atom. The summed E-state index contributed by atoms with van der Waals surface area (Å²) >= 11 is 0. The van der Waals surface area contributed by atoms with Crippen LogP contribution in [0.4, 0.5) is 0 Å². The van der Waals surface area contributed by atoms with E-state index in [1.165, 1.54) is 51.4 Å². The Hall–Kier alpha value is -2.51. The van der Waals surface area contributed by atoms with Gasteiger partial charge in [0.1, 0.15) is 6.61 Å². The molecule has 0 saturated heterocycles. The summed E-state index contributed by atoms with van der Waals surface area (Å²) in [5.74, 6) is -0.832. The number of ether oxygens (including phenoxy) is 2. The molecule has 322 valence electrons. The summed E-state index contributed by atoms with van der Waals surface area (Å²) in [5, 5.41) is 0. The minimum atomic E-state index is -4.27. The normalized spacial score (nSPS) is 14.0. The number of esters is 2. The van der Waals surface area contributed by atoms with Gasteiger partial charge in [-0.1, -0.05) is 164 Å². The first-order chi connectivity index (χ1) is 27.3. The van der Waals surface area contributed by atoms with Gasteiger partial charge in [-0.3, -0.25) is 18.6 Å². The quantitative estimate of drug-likeness (QED) is 0.0282. The number of allylic oxidation sites excluding steroid dienone is 12. The lowest BCUT2D eigenvalue weighted by molar-refractivity contribution is -0.161. The van der Waals surface area contributed by atoms with Crippen molar-refractivity contribution in [2.24, 2.45) is 0 Å². The molecule has 0 aromatic heterocycles. The van der Waals surface area contributed by atoms with Crippen molar-refractivity contribution >= 4 is 19.8 Å². The van der Waals surface area contributed by atoms with Crippen molar-refractivity contribution in [3.8, 4) is 0 Å². The first-order valence-corrected chi connectivity index (χ1v) is 23.6. The summed E-state index contributed by atoms with van der Waals surface area (Å²) in [6.07, 6.45) is 53.7. The Kier molecular flexibility index (Phi) is 40.2. The van der Waals surface area contributed by atoms with Crippen molar-refractivity contribution in [2.75, 3.05) is 20.3 Å². The SMILES string of the molecule is CC/C=C\C/C=C\C/C=C\C/C=C\CCCCCCCCC(=O)OC(COC(=O)CCCCCCCCC/C=C\C/C=C\CCCCCC)COP(=O)(O)OC. The largest absolute Gasteiger partial charge is 0.472 e. The Labute approximate surface area is 343 Å². The van der Waals surface area contributed by atoms with Gasteiger partial charge < -0.3 is 14.4 Å². The van der Waals surface area contributed by atoms with Crippen LogP contribution in [0.3, 0.4) is 0 Å². The van der Waals surface area contributed by atoms with Crippen molar-refractivity contribution in [2.45, 2.75) is 193 Å². The van der Waals surface area contributed by atoms with Crippen LogP contribution in [0.5, 0.6) is 0 Å². The van der Waals surface area contributed by atoms with E-state index in [1.54, 1.807) is 0 Å². The number of carbonyl (C=O) groups is 2. The Morgan fingerprint density at radius 2 is 0.911 bits per heavy atom. The van der Waals surface area contributed by atoms with Gasteiger partial charge in [0.25, 0.3) is 0 Å². The van der Waals surface area contributed by atoms with E-state index in [1.807, 2.05) is 0 Å². The summed E-state index contributed by atoms with van der Waals surface area (Å²) in [7, 11) is -3.22. The summed E-state index contributed by atoms with van der Waals surface area (Å²) < 4.78 is 32.0. The molecule has 0 saturated carbocycles. The maximum atomic E-state index is 12.5. The minimum Gasteiger partial charge on any atom is -0.462 e. The van der Waals surface area contributed by atoms with Crippen LogP contribution < -0.4 is 0 Å². The van der Waals surface area contributed by atoms with Crippen molar-refractivity contribution in [3.05, 3.63) is 72.9 Å². The van der Waals surface area contributed by atoms with Crippen molar-refractivity contribution in [3.63, 3.8) is 0 Å². The van der Waals surface area contributed by atoms with E-state index in [9.17, 15) is 19.0 Å². The van der Waals surface area contributed by atoms with E-state index in [0.29, 0.717) is 6.42 Å². The summed E-state index contributed by atoms with van der Waals surface area (Å²) in [4.78, 5) is 34.5. The number of hydrogen-bond donors (Lipinski definition) is 1. The molecule has 56 heavy (non-hydrogen) atoms. The predicted octanol–water partition coefficient (Wildman–Crippen LogP) is 14.1. The molecule has 2 unspecified atom stereocenters. The van der Waals surface area contributed by atoms with Gasteiger partial charge in [-0.15, -0.1) is 0 Å². The van der Waals surface area contributed by atoms with Gasteiger partial charge >= 0.3 is 19.8 Å². The van der Waals surface area contributed by atoms with Crippen molar-refractivity contribution in [1.29, 1.82) is 0 Å². The summed E-state index contributed by atoms with van der Waals surface area (Å²) in [6, 6.07) is 0. The fourth-order valence-electron chi connectivity index (χ4n) is 5.80. The van der Waals surface area contributed by atoms with Crippen molar-refractivity contribution in [1.82, 2.24) is 0 Å². The fraction of sp³-hybridized carbons (Fsp3) is 0.702. The molecule has 0 aromatic rings. The molecule has 0 bridgehead atoms. The molecule has 0 fully saturated rings. The minimum absolute atomic E-state index is 0.223. The molecule has 2 atom stereocenters. The standard InChI is InChI=1S/C47H81O8P/c1-4-6-8-10-12-14-16-18-20-22-24-26-28-30-32-34-36-38-40-42-47(49)55-45(44-54-56(50,51)52-3)43-53-46(48)41-39-37-35-33-31-29-27-25-23-21-19-17-15-13-11-9-7-5-2/h6,8,12,14-15,17-18,20-21,23-24,26,45H,4-5,7,9-11,13,16,19,22,25,27-44H2,1-3H3,(H,50,51)/b8-6-,14-12-,17-15-,20-18-,23-21-,26-24-. The molecule has 0 aliphatic carbocycles. The van der Waals surface area contributed by atoms with Crippen LogP contribution in [0.1, 0.15) is 187 Å². The third-order valence-corrected chi connectivity index (χ3v) is 10.1. The second-order valence-corrected chi connectivity index (χ2v) is 16.0. The van der Waals surface area contributed by atoms with Gasteiger partial charge in [0.05, 0.1) is 6.61 Å². The lowest BCUT2D eigenvalue weighted by Crippen LogP contribution is -2.29. The van der Waals surface area contributed by atoms with E-state index >= 15 is 0 Å². The van der Waals surface area contributed by atoms with Gasteiger partial charge in [0.15, 0.2) is 6.10 Å². The molecule has 0 aliphatic heterocycles. The molecule has 0 aliphatic rings. The molecule has 0 radical (unpaired) electrons. The lowest BCUT2D eigenvalue weighted by atomic mass is 10.1. The van der Waals surface area contributed by atoms with Crippen LogP contribution in [-0.4, -0.2) is 43.3 Å². The van der Waals surface area contributed by atoms with Gasteiger partial charge in [0.2, 0.25) is 0 Å². The molecule has 0 heterocycles. The number of rotatable bonds is 40. The van der Waals surface area contributed by atoms with Gasteiger partial charge in [-0.05, 0) is 83.5 Å². The second-order valence-electron chi connectivity index (χ2n) is 14.4. The number of hydrogen-bond acceptors (Lipinski definition) is 7. The highest BCUT2D eigenvalue weighted by atomic mass is 31.2. The molecular formula is C47H81O8P. The zero-order valence-electron chi connectivity index (χ0n) is 35.8. The number of phosphoric acid groups is 1. The first kappa shape index (κ1) is 53.5. The smallest absolute Gasteiger partial charge is 0.462 e. The maximum Gasteiger partial charge on any atom is 0.472 e. The molecule has 0 aromatic carbocycles. The van der Waals surface area contributed by atoms with E-state index in [-0.39, 0.29) is 25.4 Å². The monoisotopic (exact) mass is 805 g/mol. The fourth-order valence-corrected chi connectivity index (χ4v) is 6.26. The average molecular weight is 805 g/mol. The second kappa shape index (κ2) is 42.1.